The number of fused-ring (bicyclic) bond motifs is 1. The van der Waals surface area contributed by atoms with Crippen molar-refractivity contribution in [2.75, 3.05) is 24.6 Å². The van der Waals surface area contributed by atoms with Crippen molar-refractivity contribution in [2.45, 2.75) is 4.90 Å². The third-order valence-electron chi connectivity index (χ3n) is 5.38. The van der Waals surface area contributed by atoms with Crippen molar-refractivity contribution in [1.29, 1.82) is 0 Å². The van der Waals surface area contributed by atoms with Crippen LogP contribution in [0, 0.1) is 5.82 Å². The van der Waals surface area contributed by atoms with Crippen LogP contribution in [0.5, 0.6) is 0 Å². The van der Waals surface area contributed by atoms with Crippen LogP contribution in [0.2, 0.25) is 0 Å². The van der Waals surface area contributed by atoms with Crippen LogP contribution in [0.3, 0.4) is 0 Å². The van der Waals surface area contributed by atoms with E-state index in [1.165, 1.54) is 43.6 Å². The molecule has 0 aliphatic heterocycles. The Labute approximate surface area is 200 Å². The lowest BCUT2D eigenvalue weighted by molar-refractivity contribution is -0.116. The van der Waals surface area contributed by atoms with Crippen LogP contribution in [-0.2, 0) is 14.8 Å². The standard InChI is InChI=1S/C24H21FN4O5S/c1-28(24(31)32)14-23(30)27-21-10-7-15(11-20(21)26)19-13-29(22-12-16(25)8-9-18(19)22)35(33,34)17-5-3-2-4-6-17/h2-13H,14,26H2,1H3,(H,27,30)(H,31,32). The van der Waals surface area contributed by atoms with Gasteiger partial charge in [0.25, 0.3) is 10.0 Å². The maximum absolute atomic E-state index is 14.1. The quantitative estimate of drug-likeness (QED) is 0.348. The third-order valence-corrected chi connectivity index (χ3v) is 7.07. The lowest BCUT2D eigenvalue weighted by atomic mass is 10.0. The Kier molecular flexibility index (Phi) is 6.18. The Morgan fingerprint density at radius 2 is 1.80 bits per heavy atom. The number of amides is 2. The van der Waals surface area contributed by atoms with E-state index in [0.29, 0.717) is 16.5 Å². The lowest BCUT2D eigenvalue weighted by Gasteiger charge is -2.14. The van der Waals surface area contributed by atoms with Gasteiger partial charge >= 0.3 is 6.09 Å². The molecular weight excluding hydrogens is 475 g/mol. The van der Waals surface area contributed by atoms with E-state index >= 15 is 0 Å². The first-order valence-corrected chi connectivity index (χ1v) is 11.8. The molecule has 0 aliphatic carbocycles. The fourth-order valence-electron chi connectivity index (χ4n) is 3.62. The summed E-state index contributed by atoms with van der Waals surface area (Å²) in [4.78, 5) is 23.9. The van der Waals surface area contributed by atoms with E-state index in [9.17, 15) is 22.4 Å². The number of aromatic nitrogens is 1. The molecule has 35 heavy (non-hydrogen) atoms. The molecule has 0 atom stereocenters. The molecule has 0 saturated carbocycles. The average molecular weight is 497 g/mol. The van der Waals surface area contributed by atoms with Crippen molar-refractivity contribution in [3.8, 4) is 11.1 Å². The molecule has 9 nitrogen and oxygen atoms in total. The zero-order valence-corrected chi connectivity index (χ0v) is 19.3. The molecule has 0 radical (unpaired) electrons. The first kappa shape index (κ1) is 23.8. The van der Waals surface area contributed by atoms with Crippen LogP contribution >= 0.6 is 0 Å². The first-order valence-electron chi connectivity index (χ1n) is 10.3. The summed E-state index contributed by atoms with van der Waals surface area (Å²) in [5.41, 5.74) is 7.77. The highest BCUT2D eigenvalue weighted by atomic mass is 32.2. The van der Waals surface area contributed by atoms with Crippen molar-refractivity contribution in [2.24, 2.45) is 0 Å². The zero-order chi connectivity index (χ0) is 25.3. The number of halogens is 1. The smallest absolute Gasteiger partial charge is 0.407 e. The van der Waals surface area contributed by atoms with Crippen LogP contribution in [0.1, 0.15) is 0 Å². The minimum atomic E-state index is -4.01. The van der Waals surface area contributed by atoms with E-state index in [0.717, 1.165) is 14.9 Å². The lowest BCUT2D eigenvalue weighted by Crippen LogP contribution is -2.33. The molecule has 0 bridgehead atoms. The average Bonchev–Trinajstić information content (AvgIpc) is 3.20. The zero-order valence-electron chi connectivity index (χ0n) is 18.5. The highest BCUT2D eigenvalue weighted by molar-refractivity contribution is 7.90. The molecule has 3 aromatic carbocycles. The summed E-state index contributed by atoms with van der Waals surface area (Å²) in [7, 11) is -2.75. The van der Waals surface area contributed by atoms with E-state index in [1.54, 1.807) is 30.3 Å². The molecule has 11 heteroatoms. The summed E-state index contributed by atoms with van der Waals surface area (Å²) in [5.74, 6) is -1.16. The Morgan fingerprint density at radius 3 is 2.46 bits per heavy atom. The Morgan fingerprint density at radius 1 is 1.09 bits per heavy atom. The number of hydrogen-bond acceptors (Lipinski definition) is 5. The third kappa shape index (κ3) is 4.66. The molecule has 4 aromatic rings. The largest absolute Gasteiger partial charge is 0.465 e. The van der Waals surface area contributed by atoms with Crippen LogP contribution in [0.15, 0.2) is 77.8 Å². The molecule has 1 heterocycles. The maximum Gasteiger partial charge on any atom is 0.407 e. The monoisotopic (exact) mass is 496 g/mol. The van der Waals surface area contributed by atoms with Gasteiger partial charge < -0.3 is 21.1 Å². The Balaban J connectivity index is 1.75. The summed E-state index contributed by atoms with van der Waals surface area (Å²) in [6.07, 6.45) is 0.156. The minimum Gasteiger partial charge on any atom is -0.465 e. The molecule has 0 unspecified atom stereocenters. The van der Waals surface area contributed by atoms with Gasteiger partial charge in [-0.1, -0.05) is 24.3 Å². The van der Waals surface area contributed by atoms with E-state index in [4.69, 9.17) is 10.8 Å². The number of anilines is 2. The maximum atomic E-state index is 14.1. The number of carboxylic acid groups (broad SMARTS) is 1. The number of rotatable bonds is 6. The number of likely N-dealkylation sites (N-methyl/N-ethyl adjacent to an activating group) is 1. The molecule has 4 rings (SSSR count). The van der Waals surface area contributed by atoms with E-state index in [2.05, 4.69) is 5.32 Å². The molecule has 4 N–H and O–H groups in total. The second-order valence-electron chi connectivity index (χ2n) is 7.81. The van der Waals surface area contributed by atoms with Gasteiger partial charge in [-0.3, -0.25) is 4.79 Å². The van der Waals surface area contributed by atoms with E-state index < -0.39 is 27.8 Å². The number of hydrogen-bond donors (Lipinski definition) is 3. The van der Waals surface area contributed by atoms with Crippen molar-refractivity contribution in [1.82, 2.24) is 8.87 Å². The predicted molar refractivity (Wildman–Crippen MR) is 130 cm³/mol. The number of carbonyl (C=O) groups is 2. The Bertz CT molecular complexity index is 1550. The van der Waals surface area contributed by atoms with Gasteiger partial charge in [-0.25, -0.2) is 21.6 Å². The van der Waals surface area contributed by atoms with Gasteiger partial charge in [0, 0.05) is 24.2 Å². The van der Waals surface area contributed by atoms with Crippen LogP contribution < -0.4 is 11.1 Å². The van der Waals surface area contributed by atoms with Crippen LogP contribution in [0.25, 0.3) is 22.0 Å². The van der Waals surface area contributed by atoms with Crippen LogP contribution in [0.4, 0.5) is 20.6 Å². The molecule has 0 aliphatic rings. The summed E-state index contributed by atoms with van der Waals surface area (Å²) in [6, 6.07) is 16.4. The molecule has 0 fully saturated rings. The summed E-state index contributed by atoms with van der Waals surface area (Å²) in [6.45, 7) is -0.382. The van der Waals surface area contributed by atoms with E-state index in [1.807, 2.05) is 0 Å². The number of nitrogens with two attached hydrogens (primary N) is 1. The molecular formula is C24H21FN4O5S. The summed E-state index contributed by atoms with van der Waals surface area (Å²) in [5, 5.41) is 11.9. The number of nitrogens with one attached hydrogen (secondary N) is 1. The van der Waals surface area contributed by atoms with Crippen molar-refractivity contribution >= 4 is 44.3 Å². The molecule has 0 spiro atoms. The fourth-order valence-corrected chi connectivity index (χ4v) is 5.01. The van der Waals surface area contributed by atoms with Gasteiger partial charge in [-0.15, -0.1) is 0 Å². The molecule has 180 valence electrons. The van der Waals surface area contributed by atoms with Crippen molar-refractivity contribution in [3.05, 3.63) is 78.7 Å². The summed E-state index contributed by atoms with van der Waals surface area (Å²) >= 11 is 0. The molecule has 0 saturated heterocycles. The van der Waals surface area contributed by atoms with Gasteiger partial charge in [-0.05, 0) is 48.0 Å². The van der Waals surface area contributed by atoms with Gasteiger partial charge in [0.1, 0.15) is 12.4 Å². The predicted octanol–water partition coefficient (Wildman–Crippen LogP) is 3.81. The minimum absolute atomic E-state index is 0.0524. The van der Waals surface area contributed by atoms with Crippen LogP contribution in [-0.4, -0.2) is 48.0 Å². The normalized spacial score (nSPS) is 11.4. The highest BCUT2D eigenvalue weighted by Crippen LogP contribution is 2.35. The van der Waals surface area contributed by atoms with Gasteiger partial charge in [0.2, 0.25) is 5.91 Å². The highest BCUT2D eigenvalue weighted by Gasteiger charge is 2.22. The fraction of sp³-hybridized carbons (Fsp3) is 0.0833. The number of carbonyl (C=O) groups excluding carboxylic acids is 1. The van der Waals surface area contributed by atoms with Gasteiger partial charge in [0.15, 0.2) is 0 Å². The van der Waals surface area contributed by atoms with Crippen molar-refractivity contribution < 1.29 is 27.5 Å². The second kappa shape index (κ2) is 9.11. The number of nitrogen functional groups attached to an aromatic ring is 1. The van der Waals surface area contributed by atoms with Crippen molar-refractivity contribution in [3.63, 3.8) is 0 Å². The van der Waals surface area contributed by atoms with Gasteiger partial charge in [-0.2, -0.15) is 0 Å². The SMILES string of the molecule is CN(CC(=O)Nc1ccc(-c2cn(S(=O)(=O)c3ccccc3)c3cc(F)ccc23)cc1N)C(=O)O. The number of benzene rings is 3. The first-order chi connectivity index (χ1) is 16.6. The molecule has 2 amide bonds. The van der Waals surface area contributed by atoms with E-state index in [-0.39, 0.29) is 28.3 Å². The molecule has 1 aromatic heterocycles. The topological polar surface area (TPSA) is 135 Å². The Hall–Kier alpha value is -4.38. The van der Waals surface area contributed by atoms with Gasteiger partial charge in [0.05, 0.1) is 21.8 Å². The summed E-state index contributed by atoms with van der Waals surface area (Å²) < 4.78 is 41.7. The number of nitrogens with zero attached hydrogens (tertiary/aromatic N) is 2. The second-order valence-corrected chi connectivity index (χ2v) is 9.62.